The Balaban J connectivity index is 1.18. The molecule has 244 valence electrons. The molecular weight excluding hydrogens is 629 g/mol. The largest absolute Gasteiger partial charge is 0.310 e. The molecule has 0 unspecified atom stereocenters. The van der Waals surface area contributed by atoms with E-state index in [1.165, 1.54) is 65.6 Å². The maximum Gasteiger partial charge on any atom is 0.0619 e. The monoisotopic (exact) mass is 662 g/mol. The van der Waals surface area contributed by atoms with Crippen LogP contribution in [0.5, 0.6) is 0 Å². The first-order valence-corrected chi connectivity index (χ1v) is 17.9. The first kappa shape index (κ1) is 30.0. The Labute approximate surface area is 303 Å². The molecular formula is C50H34N2. The topological polar surface area (TPSA) is 8.17 Å². The van der Waals surface area contributed by atoms with Crippen LogP contribution in [-0.4, -0.2) is 4.57 Å². The Hall–Kier alpha value is -6.90. The molecule has 10 aromatic rings. The number of para-hydroxylation sites is 1. The van der Waals surface area contributed by atoms with Crippen LogP contribution in [0.2, 0.25) is 0 Å². The predicted molar refractivity (Wildman–Crippen MR) is 221 cm³/mol. The molecule has 2 nitrogen and oxygen atoms in total. The summed E-state index contributed by atoms with van der Waals surface area (Å²) < 4.78 is 2.44. The molecule has 1 heterocycles. The number of hydrogen-bond donors (Lipinski definition) is 0. The van der Waals surface area contributed by atoms with Gasteiger partial charge in [-0.2, -0.15) is 0 Å². The van der Waals surface area contributed by atoms with E-state index in [1.807, 2.05) is 0 Å². The maximum atomic E-state index is 2.44. The van der Waals surface area contributed by atoms with Gasteiger partial charge < -0.3 is 9.47 Å². The zero-order chi connectivity index (χ0) is 34.4. The zero-order valence-corrected chi connectivity index (χ0v) is 28.5. The van der Waals surface area contributed by atoms with Crippen molar-refractivity contribution in [3.05, 3.63) is 206 Å². The van der Waals surface area contributed by atoms with Crippen molar-refractivity contribution in [2.45, 2.75) is 0 Å². The molecule has 0 fully saturated rings. The van der Waals surface area contributed by atoms with E-state index in [2.05, 4.69) is 216 Å². The van der Waals surface area contributed by atoms with Gasteiger partial charge in [-0.1, -0.05) is 158 Å². The Morgan fingerprint density at radius 1 is 0.327 bits per heavy atom. The van der Waals surface area contributed by atoms with Crippen molar-refractivity contribution in [3.63, 3.8) is 0 Å². The van der Waals surface area contributed by atoms with Crippen molar-refractivity contribution >= 4 is 60.4 Å². The highest BCUT2D eigenvalue weighted by atomic mass is 15.1. The van der Waals surface area contributed by atoms with Gasteiger partial charge in [-0.3, -0.25) is 0 Å². The van der Waals surface area contributed by atoms with E-state index in [0.29, 0.717) is 0 Å². The van der Waals surface area contributed by atoms with Crippen molar-refractivity contribution < 1.29 is 0 Å². The summed E-state index contributed by atoms with van der Waals surface area (Å²) in [4.78, 5) is 2.38. The van der Waals surface area contributed by atoms with Crippen LogP contribution >= 0.6 is 0 Å². The third-order valence-electron chi connectivity index (χ3n) is 10.4. The summed E-state index contributed by atoms with van der Waals surface area (Å²) >= 11 is 0. The molecule has 0 bridgehead atoms. The van der Waals surface area contributed by atoms with Crippen LogP contribution in [0, 0.1) is 0 Å². The molecule has 0 aliphatic carbocycles. The van der Waals surface area contributed by atoms with Gasteiger partial charge in [-0.05, 0) is 86.9 Å². The van der Waals surface area contributed by atoms with Crippen LogP contribution in [0.25, 0.3) is 71.3 Å². The van der Waals surface area contributed by atoms with Gasteiger partial charge in [-0.25, -0.2) is 0 Å². The molecule has 0 radical (unpaired) electrons. The number of nitrogens with zero attached hydrogens (tertiary/aromatic N) is 2. The summed E-state index contributed by atoms with van der Waals surface area (Å²) in [6.45, 7) is 0. The molecule has 0 aliphatic heterocycles. The number of aromatic nitrogens is 1. The molecule has 1 aromatic heterocycles. The number of fused-ring (bicyclic) bond motifs is 6. The second kappa shape index (κ2) is 12.5. The second-order valence-electron chi connectivity index (χ2n) is 13.4. The second-order valence-corrected chi connectivity index (χ2v) is 13.4. The highest BCUT2D eigenvalue weighted by Crippen LogP contribution is 2.42. The molecule has 9 aromatic carbocycles. The van der Waals surface area contributed by atoms with Crippen LogP contribution in [0.15, 0.2) is 206 Å². The van der Waals surface area contributed by atoms with Crippen LogP contribution in [0.4, 0.5) is 17.1 Å². The molecule has 0 spiro atoms. The first-order chi connectivity index (χ1) is 25.8. The van der Waals surface area contributed by atoms with Gasteiger partial charge in [-0.15, -0.1) is 0 Å². The summed E-state index contributed by atoms with van der Waals surface area (Å²) in [7, 11) is 0. The quantitative estimate of drug-likeness (QED) is 0.172. The van der Waals surface area contributed by atoms with Gasteiger partial charge >= 0.3 is 0 Å². The minimum Gasteiger partial charge on any atom is -0.310 e. The number of anilines is 3. The lowest BCUT2D eigenvalue weighted by atomic mass is 9.98. The van der Waals surface area contributed by atoms with Crippen LogP contribution in [0.3, 0.4) is 0 Å². The van der Waals surface area contributed by atoms with E-state index in [1.54, 1.807) is 0 Å². The third kappa shape index (κ3) is 5.04. The molecule has 10 rings (SSSR count). The summed E-state index contributed by atoms with van der Waals surface area (Å²) in [5, 5.41) is 7.49. The molecule has 0 saturated heterocycles. The van der Waals surface area contributed by atoms with E-state index in [0.717, 1.165) is 22.7 Å². The van der Waals surface area contributed by atoms with Gasteiger partial charge in [0, 0.05) is 38.9 Å². The molecule has 0 aliphatic rings. The van der Waals surface area contributed by atoms with E-state index in [9.17, 15) is 0 Å². The lowest BCUT2D eigenvalue weighted by Gasteiger charge is -2.26. The minimum atomic E-state index is 1.10. The SMILES string of the molecule is c1ccc(-c2ccc(N(c3ccc(-c4cccc5ccccc45)cc3)c3ccc4c5ccc6ccccc6c5n(-c5ccccc5)c4c3)cc2)cc1. The molecule has 0 atom stereocenters. The smallest absolute Gasteiger partial charge is 0.0619 e. The minimum absolute atomic E-state index is 1.10. The number of hydrogen-bond acceptors (Lipinski definition) is 1. The standard InChI is InChI=1S/C50H34N2/c1-3-12-35(13-4-1)36-22-27-41(28-23-36)51(42-29-24-39(25-30-42)45-21-11-16-37-14-7-9-19-44(37)45)43-31-33-47-48-32-26-38-15-8-10-20-46(38)50(48)52(49(47)34-43)40-17-5-2-6-18-40/h1-34H. The van der Waals surface area contributed by atoms with Crippen molar-refractivity contribution in [2.24, 2.45) is 0 Å². The number of rotatable bonds is 6. The third-order valence-corrected chi connectivity index (χ3v) is 10.4. The first-order valence-electron chi connectivity index (χ1n) is 17.9. The number of benzene rings is 9. The predicted octanol–water partition coefficient (Wildman–Crippen LogP) is 13.9. The fourth-order valence-electron chi connectivity index (χ4n) is 7.90. The fraction of sp³-hybridized carbons (Fsp3) is 0. The lowest BCUT2D eigenvalue weighted by Crippen LogP contribution is -2.10. The van der Waals surface area contributed by atoms with Crippen molar-refractivity contribution in [3.8, 4) is 27.9 Å². The Bertz CT molecular complexity index is 2860. The maximum absolute atomic E-state index is 2.44. The van der Waals surface area contributed by atoms with Gasteiger partial charge in [0.25, 0.3) is 0 Å². The fourth-order valence-corrected chi connectivity index (χ4v) is 7.90. The van der Waals surface area contributed by atoms with E-state index in [-0.39, 0.29) is 0 Å². The highest BCUT2D eigenvalue weighted by molar-refractivity contribution is 6.19. The zero-order valence-electron chi connectivity index (χ0n) is 28.5. The van der Waals surface area contributed by atoms with Gasteiger partial charge in [0.1, 0.15) is 0 Å². The van der Waals surface area contributed by atoms with Gasteiger partial charge in [0.05, 0.1) is 11.0 Å². The van der Waals surface area contributed by atoms with Crippen molar-refractivity contribution in [2.75, 3.05) is 4.90 Å². The summed E-state index contributed by atoms with van der Waals surface area (Å²) in [5.41, 5.74) is 11.7. The lowest BCUT2D eigenvalue weighted by molar-refractivity contribution is 1.18. The van der Waals surface area contributed by atoms with Gasteiger partial charge in [0.15, 0.2) is 0 Å². The van der Waals surface area contributed by atoms with Crippen molar-refractivity contribution in [1.29, 1.82) is 0 Å². The van der Waals surface area contributed by atoms with Crippen molar-refractivity contribution in [1.82, 2.24) is 4.57 Å². The Morgan fingerprint density at radius 3 is 1.60 bits per heavy atom. The Kier molecular flexibility index (Phi) is 7.18. The normalized spacial score (nSPS) is 11.5. The average molecular weight is 663 g/mol. The Morgan fingerprint density at radius 2 is 0.865 bits per heavy atom. The van der Waals surface area contributed by atoms with Gasteiger partial charge in [0.2, 0.25) is 0 Å². The average Bonchev–Trinajstić information content (AvgIpc) is 3.56. The van der Waals surface area contributed by atoms with E-state index < -0.39 is 0 Å². The van der Waals surface area contributed by atoms with Crippen LogP contribution < -0.4 is 4.90 Å². The van der Waals surface area contributed by atoms with Crippen LogP contribution in [0.1, 0.15) is 0 Å². The summed E-state index contributed by atoms with van der Waals surface area (Å²) in [6.07, 6.45) is 0. The summed E-state index contributed by atoms with van der Waals surface area (Å²) in [5.74, 6) is 0. The molecule has 0 N–H and O–H groups in total. The molecule has 2 heteroatoms. The molecule has 0 saturated carbocycles. The van der Waals surface area contributed by atoms with E-state index in [4.69, 9.17) is 0 Å². The highest BCUT2D eigenvalue weighted by Gasteiger charge is 2.19. The van der Waals surface area contributed by atoms with E-state index >= 15 is 0 Å². The van der Waals surface area contributed by atoms with Crippen LogP contribution in [-0.2, 0) is 0 Å². The molecule has 52 heavy (non-hydrogen) atoms. The summed E-state index contributed by atoms with van der Waals surface area (Å²) in [6, 6.07) is 74.7. The molecule has 0 amide bonds.